The zero-order chi connectivity index (χ0) is 15.9. The zero-order valence-corrected chi connectivity index (χ0v) is 13.7. The highest BCUT2D eigenvalue weighted by molar-refractivity contribution is 5.76. The Hall–Kier alpha value is -1.42. The molecule has 1 N–H and O–H groups in total. The molecule has 0 spiro atoms. The lowest BCUT2D eigenvalue weighted by atomic mass is 9.85. The lowest BCUT2D eigenvalue weighted by molar-refractivity contribution is -0.137. The first-order chi connectivity index (χ1) is 11.1. The highest BCUT2D eigenvalue weighted by atomic mass is 16.3. The molecule has 1 amide bonds. The molecule has 0 aromatic carbocycles. The van der Waals surface area contributed by atoms with Gasteiger partial charge in [-0.1, -0.05) is 12.5 Å². The number of piperidine rings is 1. The molecule has 1 aromatic heterocycles. The Morgan fingerprint density at radius 3 is 2.70 bits per heavy atom. The van der Waals surface area contributed by atoms with Crippen LogP contribution in [-0.4, -0.2) is 34.0 Å². The monoisotopic (exact) mass is 314 g/mol. The van der Waals surface area contributed by atoms with Gasteiger partial charge in [-0.05, 0) is 62.0 Å². The smallest absolute Gasteiger partial charge is 0.222 e. The molecular weight excluding hydrogens is 288 g/mol. The molecule has 4 nitrogen and oxygen atoms in total. The number of carbonyl (C=O) groups is 1. The topological polar surface area (TPSA) is 53.4 Å². The van der Waals surface area contributed by atoms with Crippen LogP contribution in [-0.2, 0) is 10.4 Å². The van der Waals surface area contributed by atoms with Gasteiger partial charge in [-0.2, -0.15) is 0 Å². The molecule has 2 bridgehead atoms. The predicted octanol–water partition coefficient (Wildman–Crippen LogP) is 2.72. The Kier molecular flexibility index (Phi) is 3.88. The van der Waals surface area contributed by atoms with E-state index in [4.69, 9.17) is 0 Å². The van der Waals surface area contributed by atoms with Crippen LogP contribution in [0.25, 0.3) is 0 Å². The van der Waals surface area contributed by atoms with Crippen LogP contribution in [0, 0.1) is 17.8 Å². The Bertz CT molecular complexity index is 566. The van der Waals surface area contributed by atoms with E-state index in [2.05, 4.69) is 4.98 Å². The van der Waals surface area contributed by atoms with Crippen molar-refractivity contribution in [1.82, 2.24) is 9.88 Å². The summed E-state index contributed by atoms with van der Waals surface area (Å²) >= 11 is 0. The van der Waals surface area contributed by atoms with E-state index < -0.39 is 5.60 Å². The van der Waals surface area contributed by atoms with Gasteiger partial charge in [-0.25, -0.2) is 0 Å². The molecule has 3 aliphatic rings. The molecule has 0 unspecified atom stereocenters. The van der Waals surface area contributed by atoms with Gasteiger partial charge < -0.3 is 10.0 Å². The molecule has 23 heavy (non-hydrogen) atoms. The second-order valence-corrected chi connectivity index (χ2v) is 7.77. The summed E-state index contributed by atoms with van der Waals surface area (Å²) < 4.78 is 0. The van der Waals surface area contributed by atoms with Crippen LogP contribution in [0.5, 0.6) is 0 Å². The molecule has 2 heterocycles. The highest BCUT2D eigenvalue weighted by Crippen LogP contribution is 2.49. The van der Waals surface area contributed by atoms with Crippen molar-refractivity contribution in [2.75, 3.05) is 13.1 Å². The fraction of sp³-hybridized carbons (Fsp3) is 0.684. The van der Waals surface area contributed by atoms with E-state index in [0.29, 0.717) is 37.8 Å². The summed E-state index contributed by atoms with van der Waals surface area (Å²) in [6.45, 7) is 1.29. The second-order valence-electron chi connectivity index (χ2n) is 7.77. The maximum atomic E-state index is 12.6. The van der Waals surface area contributed by atoms with Crippen molar-refractivity contribution in [3.05, 3.63) is 30.1 Å². The van der Waals surface area contributed by atoms with Gasteiger partial charge in [0, 0.05) is 25.7 Å². The first-order valence-electron chi connectivity index (χ1n) is 9.06. The van der Waals surface area contributed by atoms with Gasteiger partial charge in [0.25, 0.3) is 0 Å². The molecular formula is C19H26N2O2. The molecule has 1 aromatic rings. The number of fused-ring (bicyclic) bond motifs is 2. The molecule has 3 atom stereocenters. The highest BCUT2D eigenvalue weighted by Gasteiger charge is 2.42. The van der Waals surface area contributed by atoms with E-state index in [0.717, 1.165) is 24.0 Å². The van der Waals surface area contributed by atoms with E-state index in [-0.39, 0.29) is 0 Å². The van der Waals surface area contributed by atoms with Crippen molar-refractivity contribution >= 4 is 5.91 Å². The summed E-state index contributed by atoms with van der Waals surface area (Å²) in [5.74, 6) is 2.62. The summed E-state index contributed by atoms with van der Waals surface area (Å²) in [5, 5.41) is 10.8. The lowest BCUT2D eigenvalue weighted by Crippen LogP contribution is -2.46. The van der Waals surface area contributed by atoms with Crippen molar-refractivity contribution in [3.63, 3.8) is 0 Å². The van der Waals surface area contributed by atoms with Gasteiger partial charge in [0.05, 0.1) is 5.69 Å². The van der Waals surface area contributed by atoms with Crippen LogP contribution < -0.4 is 0 Å². The van der Waals surface area contributed by atoms with Gasteiger partial charge in [0.15, 0.2) is 0 Å². The standard InChI is InChI=1S/C19H26N2O2/c22-18(13-16-12-14-4-5-15(16)11-14)21-9-6-19(23,7-10-21)17-3-1-2-8-20-17/h1-3,8,14-16,23H,4-7,9-13H2/t14-,15-,16-/m0/s1. The Morgan fingerprint density at radius 1 is 1.26 bits per heavy atom. The van der Waals surface area contributed by atoms with Crippen LogP contribution in [0.2, 0.25) is 0 Å². The van der Waals surface area contributed by atoms with Crippen LogP contribution in [0.4, 0.5) is 0 Å². The number of pyridine rings is 1. The van der Waals surface area contributed by atoms with Crippen molar-refractivity contribution in [3.8, 4) is 0 Å². The van der Waals surface area contributed by atoms with Gasteiger partial charge in [0.2, 0.25) is 5.91 Å². The first-order valence-corrected chi connectivity index (χ1v) is 9.06. The Morgan fingerprint density at radius 2 is 2.09 bits per heavy atom. The Labute approximate surface area is 137 Å². The van der Waals surface area contributed by atoms with Crippen LogP contribution in [0.15, 0.2) is 24.4 Å². The average Bonchev–Trinajstić information content (AvgIpc) is 3.19. The zero-order valence-electron chi connectivity index (χ0n) is 13.7. The maximum Gasteiger partial charge on any atom is 0.222 e. The van der Waals surface area contributed by atoms with E-state index in [1.54, 1.807) is 6.20 Å². The van der Waals surface area contributed by atoms with Crippen LogP contribution in [0.3, 0.4) is 0 Å². The molecule has 2 aliphatic carbocycles. The van der Waals surface area contributed by atoms with Crippen molar-refractivity contribution in [1.29, 1.82) is 0 Å². The van der Waals surface area contributed by atoms with E-state index in [1.165, 1.54) is 25.7 Å². The number of likely N-dealkylation sites (tertiary alicyclic amines) is 1. The van der Waals surface area contributed by atoms with E-state index >= 15 is 0 Å². The minimum Gasteiger partial charge on any atom is -0.383 e. The normalized spacial score (nSPS) is 32.2. The third-order valence-corrected chi connectivity index (χ3v) is 6.41. The molecule has 1 aliphatic heterocycles. The molecule has 4 heteroatoms. The fourth-order valence-corrected chi connectivity index (χ4v) is 5.00. The number of amides is 1. The predicted molar refractivity (Wildman–Crippen MR) is 87.5 cm³/mol. The molecule has 2 saturated carbocycles. The number of hydrogen-bond acceptors (Lipinski definition) is 3. The maximum absolute atomic E-state index is 12.6. The molecule has 3 fully saturated rings. The number of aliphatic hydroxyl groups is 1. The van der Waals surface area contributed by atoms with Crippen LogP contribution >= 0.6 is 0 Å². The molecule has 1 saturated heterocycles. The minimum atomic E-state index is -0.871. The third kappa shape index (κ3) is 2.89. The average molecular weight is 314 g/mol. The fourth-order valence-electron chi connectivity index (χ4n) is 5.00. The number of aromatic nitrogens is 1. The van der Waals surface area contributed by atoms with Gasteiger partial charge in [-0.3, -0.25) is 9.78 Å². The largest absolute Gasteiger partial charge is 0.383 e. The Balaban J connectivity index is 1.33. The second kappa shape index (κ2) is 5.90. The SMILES string of the molecule is O=C(C[C@@H]1C[C@H]2CC[C@H]1C2)N1CCC(O)(c2ccccn2)CC1. The van der Waals surface area contributed by atoms with Gasteiger partial charge in [-0.15, -0.1) is 0 Å². The summed E-state index contributed by atoms with van der Waals surface area (Å²) in [5.41, 5.74) is -0.134. The van der Waals surface area contributed by atoms with Crippen LogP contribution in [0.1, 0.15) is 50.6 Å². The van der Waals surface area contributed by atoms with Crippen molar-refractivity contribution in [2.24, 2.45) is 17.8 Å². The first kappa shape index (κ1) is 15.1. The summed E-state index contributed by atoms with van der Waals surface area (Å²) in [4.78, 5) is 18.9. The number of rotatable bonds is 3. The van der Waals surface area contributed by atoms with Crippen molar-refractivity contribution in [2.45, 2.75) is 50.5 Å². The molecule has 0 radical (unpaired) electrons. The number of hydrogen-bond donors (Lipinski definition) is 1. The quantitative estimate of drug-likeness (QED) is 0.933. The third-order valence-electron chi connectivity index (χ3n) is 6.41. The summed E-state index contributed by atoms with van der Waals surface area (Å²) in [6, 6.07) is 5.65. The molecule has 124 valence electrons. The summed E-state index contributed by atoms with van der Waals surface area (Å²) in [7, 11) is 0. The van der Waals surface area contributed by atoms with Gasteiger partial charge in [0.1, 0.15) is 5.60 Å². The summed E-state index contributed by atoms with van der Waals surface area (Å²) in [6.07, 6.45) is 8.97. The minimum absolute atomic E-state index is 0.297. The number of carbonyl (C=O) groups excluding carboxylic acids is 1. The number of nitrogens with zero attached hydrogens (tertiary/aromatic N) is 2. The van der Waals surface area contributed by atoms with E-state index in [1.807, 2.05) is 23.1 Å². The molecule has 4 rings (SSSR count). The van der Waals surface area contributed by atoms with E-state index in [9.17, 15) is 9.90 Å². The van der Waals surface area contributed by atoms with Crippen molar-refractivity contribution < 1.29 is 9.90 Å². The lowest BCUT2D eigenvalue weighted by Gasteiger charge is -2.38. The van der Waals surface area contributed by atoms with Gasteiger partial charge >= 0.3 is 0 Å².